The summed E-state index contributed by atoms with van der Waals surface area (Å²) in [4.78, 5) is 15.4. The lowest BCUT2D eigenvalue weighted by molar-refractivity contribution is -0.133. The molecule has 1 saturated heterocycles. The van der Waals surface area contributed by atoms with E-state index in [9.17, 15) is 9.90 Å². The number of rotatable bonds is 7. The van der Waals surface area contributed by atoms with Gasteiger partial charge in [-0.3, -0.25) is 4.79 Å². The smallest absolute Gasteiger partial charge is 0.224 e. The summed E-state index contributed by atoms with van der Waals surface area (Å²) in [6.45, 7) is 2.73. The largest absolute Gasteiger partial charge is 0.497 e. The number of amides is 1. The third-order valence-corrected chi connectivity index (χ3v) is 9.02. The average Bonchev–Trinajstić information content (AvgIpc) is 3.65. The zero-order valence-electron chi connectivity index (χ0n) is 20.2. The Hall–Kier alpha value is -1.79. The van der Waals surface area contributed by atoms with Crippen LogP contribution in [0, 0.1) is 5.92 Å². The first-order chi connectivity index (χ1) is 16.8. The van der Waals surface area contributed by atoms with Crippen molar-refractivity contribution in [3.05, 3.63) is 63.6 Å². The van der Waals surface area contributed by atoms with Gasteiger partial charge in [-0.25, -0.2) is 0 Å². The van der Waals surface area contributed by atoms with Crippen molar-refractivity contribution >= 4 is 29.1 Å². The number of hydrogen-bond acceptors (Lipinski definition) is 4. The van der Waals surface area contributed by atoms with E-state index in [4.69, 9.17) is 27.9 Å². The Labute approximate surface area is 217 Å². The molecular formula is C28H34Cl2N2O3. The number of nitrogens with zero attached hydrogens (tertiary/aromatic N) is 1. The van der Waals surface area contributed by atoms with Gasteiger partial charge in [0, 0.05) is 24.5 Å². The molecule has 7 heteroatoms. The number of ether oxygens (including phenoxy) is 1. The first-order valence-corrected chi connectivity index (χ1v) is 13.4. The second-order valence-electron chi connectivity index (χ2n) is 10.7. The molecule has 0 aromatic heterocycles. The van der Waals surface area contributed by atoms with E-state index >= 15 is 0 Å². The van der Waals surface area contributed by atoms with Crippen LogP contribution in [0.3, 0.4) is 0 Å². The summed E-state index contributed by atoms with van der Waals surface area (Å²) in [5.74, 6) is 1.55. The van der Waals surface area contributed by atoms with Crippen LogP contribution >= 0.6 is 23.2 Å². The summed E-state index contributed by atoms with van der Waals surface area (Å²) in [6, 6.07) is 13.4. The van der Waals surface area contributed by atoms with Crippen LogP contribution in [0.4, 0.5) is 0 Å². The van der Waals surface area contributed by atoms with Gasteiger partial charge in [0.15, 0.2) is 0 Å². The second kappa shape index (κ2) is 9.93. The standard InChI is InChI=1S/C28H34Cl2N2O3/c1-35-23-4-2-3-21(15-23)27-11-12-32(17-19-5-6-19)18-28(27,34)10-9-22(16-27)31-26(33)14-20-7-8-24(29)25(30)13-20/h2-4,7-8,13,15,19,22,34H,5-6,9-12,14,16-18H2,1H3,(H,31,33)/t22-,27-,28-/m0/s1. The van der Waals surface area contributed by atoms with Gasteiger partial charge in [0.25, 0.3) is 0 Å². The summed E-state index contributed by atoms with van der Waals surface area (Å²) in [5, 5.41) is 16.4. The van der Waals surface area contributed by atoms with Gasteiger partial charge in [0.1, 0.15) is 5.75 Å². The summed E-state index contributed by atoms with van der Waals surface area (Å²) < 4.78 is 5.53. The summed E-state index contributed by atoms with van der Waals surface area (Å²) >= 11 is 12.2. The monoisotopic (exact) mass is 516 g/mol. The molecule has 0 spiro atoms. The van der Waals surface area contributed by atoms with Gasteiger partial charge in [0.05, 0.1) is 29.2 Å². The van der Waals surface area contributed by atoms with E-state index < -0.39 is 11.0 Å². The normalized spacial score (nSPS) is 28.9. The molecular weight excluding hydrogens is 483 g/mol. The number of β-amino-alcohol motifs (C(OH)–C–C–N with tert-alkyl or cyclic N) is 1. The molecule has 5 nitrogen and oxygen atoms in total. The van der Waals surface area contributed by atoms with Crippen molar-refractivity contribution < 1.29 is 14.6 Å². The molecule has 2 N–H and O–H groups in total. The van der Waals surface area contributed by atoms with Gasteiger partial charge < -0.3 is 20.1 Å². The SMILES string of the molecule is COc1cccc([C@@]23CCN(CC4CC4)C[C@@]2(O)CC[C@H](NC(=O)Cc2ccc(Cl)c(Cl)c2)C3)c1. The minimum absolute atomic E-state index is 0.00766. The topological polar surface area (TPSA) is 61.8 Å². The van der Waals surface area contributed by atoms with Crippen LogP contribution in [0.1, 0.15) is 49.7 Å². The van der Waals surface area contributed by atoms with Gasteiger partial charge in [-0.05, 0) is 86.4 Å². The second-order valence-corrected chi connectivity index (χ2v) is 11.5. The Morgan fingerprint density at radius 1 is 1.14 bits per heavy atom. The van der Waals surface area contributed by atoms with E-state index in [1.807, 2.05) is 18.2 Å². The minimum Gasteiger partial charge on any atom is -0.497 e. The number of fused-ring (bicyclic) bond motifs is 1. The number of aliphatic hydroxyl groups is 1. The number of carbonyl (C=O) groups is 1. The van der Waals surface area contributed by atoms with E-state index in [2.05, 4.69) is 22.3 Å². The van der Waals surface area contributed by atoms with Crippen molar-refractivity contribution in [2.24, 2.45) is 5.92 Å². The Morgan fingerprint density at radius 2 is 1.97 bits per heavy atom. The van der Waals surface area contributed by atoms with Crippen molar-refractivity contribution in [1.29, 1.82) is 0 Å². The highest BCUT2D eigenvalue weighted by molar-refractivity contribution is 6.42. The maximum Gasteiger partial charge on any atom is 0.224 e. The third-order valence-electron chi connectivity index (χ3n) is 8.28. The van der Waals surface area contributed by atoms with E-state index in [-0.39, 0.29) is 18.4 Å². The lowest BCUT2D eigenvalue weighted by Gasteiger charge is -2.58. The zero-order chi connectivity index (χ0) is 24.6. The maximum absolute atomic E-state index is 13.0. The maximum atomic E-state index is 13.0. The van der Waals surface area contributed by atoms with E-state index in [0.717, 1.165) is 48.7 Å². The van der Waals surface area contributed by atoms with Gasteiger partial charge in [-0.1, -0.05) is 41.4 Å². The molecule has 2 aliphatic carbocycles. The van der Waals surface area contributed by atoms with Crippen molar-refractivity contribution in [3.63, 3.8) is 0 Å². The number of methoxy groups -OCH3 is 1. The molecule has 1 heterocycles. The van der Waals surface area contributed by atoms with Crippen LogP contribution in [-0.2, 0) is 16.6 Å². The fourth-order valence-electron chi connectivity index (χ4n) is 6.24. The van der Waals surface area contributed by atoms with E-state index in [1.165, 1.54) is 12.8 Å². The molecule has 3 aliphatic rings. The Kier molecular flexibility index (Phi) is 7.06. The molecule has 2 aromatic rings. The highest BCUT2D eigenvalue weighted by Crippen LogP contribution is 2.52. The number of nitrogens with one attached hydrogen (secondary N) is 1. The van der Waals surface area contributed by atoms with Crippen LogP contribution in [-0.4, -0.2) is 54.3 Å². The Balaban J connectivity index is 1.36. The highest BCUT2D eigenvalue weighted by Gasteiger charge is 2.57. The predicted molar refractivity (Wildman–Crippen MR) is 139 cm³/mol. The van der Waals surface area contributed by atoms with Crippen molar-refractivity contribution in [2.75, 3.05) is 26.7 Å². The molecule has 0 bridgehead atoms. The van der Waals surface area contributed by atoms with Crippen LogP contribution in [0.15, 0.2) is 42.5 Å². The summed E-state index contributed by atoms with van der Waals surface area (Å²) in [6.07, 6.45) is 5.85. The average molecular weight is 517 g/mol. The van der Waals surface area contributed by atoms with Gasteiger partial charge >= 0.3 is 0 Å². The van der Waals surface area contributed by atoms with Gasteiger partial charge in [-0.2, -0.15) is 0 Å². The molecule has 2 saturated carbocycles. The van der Waals surface area contributed by atoms with Crippen molar-refractivity contribution in [1.82, 2.24) is 10.2 Å². The number of piperidine rings is 1. The molecule has 3 atom stereocenters. The number of hydrogen-bond donors (Lipinski definition) is 2. The van der Waals surface area contributed by atoms with E-state index in [0.29, 0.717) is 29.4 Å². The fraction of sp³-hybridized carbons (Fsp3) is 0.536. The first kappa shape index (κ1) is 24.9. The van der Waals surface area contributed by atoms with Gasteiger partial charge in [-0.15, -0.1) is 0 Å². The molecule has 188 valence electrons. The lowest BCUT2D eigenvalue weighted by atomic mass is 9.55. The molecule has 1 aliphatic heterocycles. The Bertz CT molecular complexity index is 1090. The number of benzene rings is 2. The molecule has 3 fully saturated rings. The zero-order valence-corrected chi connectivity index (χ0v) is 21.7. The van der Waals surface area contributed by atoms with Crippen molar-refractivity contribution in [2.45, 2.75) is 62.0 Å². The summed E-state index contributed by atoms with van der Waals surface area (Å²) in [7, 11) is 1.67. The molecule has 0 unspecified atom stereocenters. The number of carbonyl (C=O) groups excluding carboxylic acids is 1. The molecule has 5 rings (SSSR count). The van der Waals surface area contributed by atoms with Crippen LogP contribution < -0.4 is 10.1 Å². The highest BCUT2D eigenvalue weighted by atomic mass is 35.5. The molecule has 35 heavy (non-hydrogen) atoms. The van der Waals surface area contributed by atoms with Crippen LogP contribution in [0.2, 0.25) is 10.0 Å². The number of likely N-dealkylation sites (tertiary alicyclic amines) is 1. The van der Waals surface area contributed by atoms with Crippen LogP contribution in [0.25, 0.3) is 0 Å². The number of halogens is 2. The predicted octanol–water partition coefficient (Wildman–Crippen LogP) is 5.00. The molecule has 2 aromatic carbocycles. The van der Waals surface area contributed by atoms with Crippen LogP contribution in [0.5, 0.6) is 5.75 Å². The minimum atomic E-state index is -0.836. The van der Waals surface area contributed by atoms with Crippen molar-refractivity contribution in [3.8, 4) is 5.75 Å². The quantitative estimate of drug-likeness (QED) is 0.543. The lowest BCUT2D eigenvalue weighted by Crippen LogP contribution is -2.67. The fourth-order valence-corrected chi connectivity index (χ4v) is 6.56. The first-order valence-electron chi connectivity index (χ1n) is 12.6. The van der Waals surface area contributed by atoms with Gasteiger partial charge in [0.2, 0.25) is 5.91 Å². The van der Waals surface area contributed by atoms with E-state index in [1.54, 1.807) is 19.2 Å². The Morgan fingerprint density at radius 3 is 2.71 bits per heavy atom. The third kappa shape index (κ3) is 5.20. The summed E-state index contributed by atoms with van der Waals surface area (Å²) in [5.41, 5.74) is 0.674. The molecule has 1 amide bonds. The molecule has 0 radical (unpaired) electrons.